The molecule has 1 aromatic carbocycles. The summed E-state index contributed by atoms with van der Waals surface area (Å²) in [6, 6.07) is 4.68. The van der Waals surface area contributed by atoms with Gasteiger partial charge in [0.2, 0.25) is 0 Å². The Morgan fingerprint density at radius 2 is 1.95 bits per heavy atom. The fourth-order valence-corrected chi connectivity index (χ4v) is 2.44. The highest BCUT2D eigenvalue weighted by Crippen LogP contribution is 2.31. The molecule has 6 heteroatoms. The van der Waals surface area contributed by atoms with Gasteiger partial charge in [-0.1, -0.05) is 6.92 Å². The predicted octanol–water partition coefficient (Wildman–Crippen LogP) is 3.60. The molecule has 0 atom stereocenters. The number of hydrogen-bond donors (Lipinski definition) is 0. The van der Waals surface area contributed by atoms with E-state index in [0.29, 0.717) is 17.7 Å². The van der Waals surface area contributed by atoms with Gasteiger partial charge in [0.15, 0.2) is 5.78 Å². The minimum atomic E-state index is -0.371. The zero-order valence-corrected chi connectivity index (χ0v) is 12.3. The number of nitro benzene ring substituents is 1. The summed E-state index contributed by atoms with van der Waals surface area (Å²) in [7, 11) is 0. The molecule has 2 rings (SSSR count). The molecule has 1 aliphatic heterocycles. The van der Waals surface area contributed by atoms with Crippen molar-refractivity contribution in [2.75, 3.05) is 18.0 Å². The van der Waals surface area contributed by atoms with Crippen molar-refractivity contribution in [2.24, 2.45) is 0 Å². The Hall–Kier alpha value is -1.62. The Bertz CT molecular complexity index is 499. The van der Waals surface area contributed by atoms with Crippen LogP contribution in [0, 0.1) is 10.1 Å². The van der Waals surface area contributed by atoms with E-state index in [0.717, 1.165) is 32.4 Å². The lowest BCUT2D eigenvalue weighted by Gasteiger charge is -2.28. The van der Waals surface area contributed by atoms with Gasteiger partial charge < -0.3 is 4.90 Å². The molecule has 1 aliphatic rings. The molecule has 1 heterocycles. The topological polar surface area (TPSA) is 63.4 Å². The molecule has 0 N–H and O–H groups in total. The fraction of sp³-hybridized carbons (Fsp3) is 0.500. The van der Waals surface area contributed by atoms with Crippen molar-refractivity contribution in [3.8, 4) is 0 Å². The number of piperidine rings is 1. The SMILES string of the molecule is CCC(=O)c1ccc([N+](=O)[O-])c(N2CCCCC2)c1.Cl. The van der Waals surface area contributed by atoms with Crippen molar-refractivity contribution in [3.05, 3.63) is 33.9 Å². The van der Waals surface area contributed by atoms with Crippen LogP contribution in [-0.4, -0.2) is 23.8 Å². The van der Waals surface area contributed by atoms with Crippen LogP contribution in [0.2, 0.25) is 0 Å². The molecule has 0 bridgehead atoms. The van der Waals surface area contributed by atoms with Crippen molar-refractivity contribution in [1.29, 1.82) is 0 Å². The molecule has 1 aromatic rings. The molecule has 110 valence electrons. The lowest BCUT2D eigenvalue weighted by Crippen LogP contribution is -2.30. The molecular formula is C14H19ClN2O3. The molecule has 20 heavy (non-hydrogen) atoms. The maximum Gasteiger partial charge on any atom is 0.292 e. The number of hydrogen-bond acceptors (Lipinski definition) is 4. The minimum absolute atomic E-state index is 0. The summed E-state index contributed by atoms with van der Waals surface area (Å²) < 4.78 is 0. The van der Waals surface area contributed by atoms with Gasteiger partial charge in [-0.2, -0.15) is 0 Å². The highest BCUT2D eigenvalue weighted by molar-refractivity contribution is 5.97. The minimum Gasteiger partial charge on any atom is -0.366 e. The lowest BCUT2D eigenvalue weighted by molar-refractivity contribution is -0.384. The molecule has 0 saturated carbocycles. The van der Waals surface area contributed by atoms with Crippen LogP contribution in [0.15, 0.2) is 18.2 Å². The number of Topliss-reactive ketones (excluding diaryl/α,β-unsaturated/α-hetero) is 1. The van der Waals surface area contributed by atoms with E-state index >= 15 is 0 Å². The summed E-state index contributed by atoms with van der Waals surface area (Å²) in [4.78, 5) is 24.5. The fourth-order valence-electron chi connectivity index (χ4n) is 2.44. The summed E-state index contributed by atoms with van der Waals surface area (Å²) in [5, 5.41) is 11.1. The molecule has 0 radical (unpaired) electrons. The summed E-state index contributed by atoms with van der Waals surface area (Å²) >= 11 is 0. The standard InChI is InChI=1S/C14H18N2O3.ClH/c1-2-14(17)11-6-7-12(16(18)19)13(10-11)15-8-4-3-5-9-15;/h6-7,10H,2-5,8-9H2,1H3;1H. The van der Waals surface area contributed by atoms with Gasteiger partial charge in [-0.3, -0.25) is 14.9 Å². The van der Waals surface area contributed by atoms with E-state index < -0.39 is 0 Å². The molecule has 1 fully saturated rings. The van der Waals surface area contributed by atoms with Crippen LogP contribution in [0.5, 0.6) is 0 Å². The second-order valence-corrected chi connectivity index (χ2v) is 4.79. The van der Waals surface area contributed by atoms with Crippen LogP contribution >= 0.6 is 12.4 Å². The van der Waals surface area contributed by atoms with Crippen molar-refractivity contribution in [1.82, 2.24) is 0 Å². The summed E-state index contributed by atoms with van der Waals surface area (Å²) in [6.45, 7) is 3.44. The van der Waals surface area contributed by atoms with E-state index in [1.165, 1.54) is 6.07 Å². The average Bonchev–Trinajstić information content (AvgIpc) is 2.46. The molecule has 0 unspecified atom stereocenters. The van der Waals surface area contributed by atoms with Gasteiger partial charge in [-0.05, 0) is 31.4 Å². The number of carbonyl (C=O) groups is 1. The Balaban J connectivity index is 0.00000200. The van der Waals surface area contributed by atoms with Crippen LogP contribution in [-0.2, 0) is 0 Å². The molecule has 0 amide bonds. The number of carbonyl (C=O) groups excluding carboxylic acids is 1. The number of nitrogens with zero attached hydrogens (tertiary/aromatic N) is 2. The van der Waals surface area contributed by atoms with E-state index in [4.69, 9.17) is 0 Å². The van der Waals surface area contributed by atoms with Crippen LogP contribution in [0.1, 0.15) is 43.0 Å². The normalized spacial score (nSPS) is 14.6. The van der Waals surface area contributed by atoms with Gasteiger partial charge in [0.05, 0.1) is 4.92 Å². The highest BCUT2D eigenvalue weighted by Gasteiger charge is 2.22. The van der Waals surface area contributed by atoms with Gasteiger partial charge in [-0.25, -0.2) is 0 Å². The van der Waals surface area contributed by atoms with Crippen LogP contribution in [0.3, 0.4) is 0 Å². The third kappa shape index (κ3) is 3.48. The molecule has 5 nitrogen and oxygen atoms in total. The van der Waals surface area contributed by atoms with Crippen molar-refractivity contribution in [2.45, 2.75) is 32.6 Å². The van der Waals surface area contributed by atoms with Gasteiger partial charge in [0, 0.05) is 31.1 Å². The van der Waals surface area contributed by atoms with Gasteiger partial charge >= 0.3 is 0 Å². The van der Waals surface area contributed by atoms with Crippen molar-refractivity contribution in [3.63, 3.8) is 0 Å². The number of rotatable bonds is 4. The zero-order valence-electron chi connectivity index (χ0n) is 11.5. The molecule has 0 aromatic heterocycles. The summed E-state index contributed by atoms with van der Waals surface area (Å²) in [5.41, 5.74) is 1.24. The Morgan fingerprint density at radius 3 is 2.50 bits per heavy atom. The first-order valence-electron chi connectivity index (χ1n) is 6.70. The van der Waals surface area contributed by atoms with E-state index in [-0.39, 0.29) is 28.8 Å². The zero-order chi connectivity index (χ0) is 13.8. The quantitative estimate of drug-likeness (QED) is 0.484. The van der Waals surface area contributed by atoms with Crippen LogP contribution < -0.4 is 4.90 Å². The van der Waals surface area contributed by atoms with Gasteiger partial charge in [0.1, 0.15) is 5.69 Å². The Morgan fingerprint density at radius 1 is 1.30 bits per heavy atom. The van der Waals surface area contributed by atoms with E-state index in [1.54, 1.807) is 19.1 Å². The van der Waals surface area contributed by atoms with E-state index in [9.17, 15) is 14.9 Å². The number of halogens is 1. The second-order valence-electron chi connectivity index (χ2n) is 4.79. The van der Waals surface area contributed by atoms with Crippen LogP contribution in [0.25, 0.3) is 0 Å². The van der Waals surface area contributed by atoms with Gasteiger partial charge in [-0.15, -0.1) is 12.4 Å². The maximum atomic E-state index is 11.7. The van der Waals surface area contributed by atoms with Gasteiger partial charge in [0.25, 0.3) is 5.69 Å². The number of benzene rings is 1. The van der Waals surface area contributed by atoms with Crippen molar-refractivity contribution < 1.29 is 9.72 Å². The third-order valence-electron chi connectivity index (χ3n) is 3.51. The van der Waals surface area contributed by atoms with Crippen LogP contribution in [0.4, 0.5) is 11.4 Å². The van der Waals surface area contributed by atoms with E-state index in [2.05, 4.69) is 0 Å². The summed E-state index contributed by atoms with van der Waals surface area (Å²) in [6.07, 6.45) is 3.67. The average molecular weight is 299 g/mol. The summed E-state index contributed by atoms with van der Waals surface area (Å²) in [5.74, 6) is 0.0214. The number of nitro groups is 1. The largest absolute Gasteiger partial charge is 0.366 e. The van der Waals surface area contributed by atoms with Crippen molar-refractivity contribution >= 4 is 29.6 Å². The highest BCUT2D eigenvalue weighted by atomic mass is 35.5. The first-order valence-corrected chi connectivity index (χ1v) is 6.70. The third-order valence-corrected chi connectivity index (χ3v) is 3.51. The molecule has 0 aliphatic carbocycles. The molecule has 1 saturated heterocycles. The maximum absolute atomic E-state index is 11.7. The second kappa shape index (κ2) is 7.24. The lowest BCUT2D eigenvalue weighted by atomic mass is 10.0. The van der Waals surface area contributed by atoms with E-state index in [1.807, 2.05) is 4.90 Å². The first-order chi connectivity index (χ1) is 9.13. The Labute approximate surface area is 124 Å². The first kappa shape index (κ1) is 16.4. The molecular weight excluding hydrogens is 280 g/mol. The smallest absolute Gasteiger partial charge is 0.292 e. The Kier molecular flexibility index (Phi) is 5.95. The monoisotopic (exact) mass is 298 g/mol. The molecule has 0 spiro atoms. The number of anilines is 1. The number of ketones is 1. The predicted molar refractivity (Wildman–Crippen MR) is 81.0 cm³/mol.